The number of benzene rings is 2. The monoisotopic (exact) mass is 606 g/mol. The molecule has 42 heavy (non-hydrogen) atoms. The summed E-state index contributed by atoms with van der Waals surface area (Å²) in [5.74, 6) is -1.68. The van der Waals surface area contributed by atoms with E-state index in [1.54, 1.807) is 4.90 Å². The molecule has 1 saturated heterocycles. The molecule has 1 N–H and O–H groups in total. The Morgan fingerprint density at radius 3 is 2.81 bits per heavy atom. The molecule has 0 unspecified atom stereocenters. The molecule has 1 saturated carbocycles. The fourth-order valence-electron chi connectivity index (χ4n) is 6.60. The molecule has 1 aliphatic carbocycles. The molecule has 0 bridgehead atoms. The summed E-state index contributed by atoms with van der Waals surface area (Å²) in [6.45, 7) is 0.264. The van der Waals surface area contributed by atoms with Crippen LogP contribution in [0.2, 0.25) is 5.02 Å². The average Bonchev–Trinajstić information content (AvgIpc) is 3.28. The summed E-state index contributed by atoms with van der Waals surface area (Å²) >= 11 is 7.71. The number of carbonyl (C=O) groups is 3. The van der Waals surface area contributed by atoms with Gasteiger partial charge in [-0.05, 0) is 67.9 Å². The Hall–Kier alpha value is -3.23. The number of nitrogens with zero attached hydrogens (tertiary/aromatic N) is 2. The minimum Gasteiger partial charge on any atom is -0.481 e. The first kappa shape index (κ1) is 28.9. The van der Waals surface area contributed by atoms with E-state index in [-0.39, 0.29) is 36.5 Å². The molecule has 9 heteroatoms. The van der Waals surface area contributed by atoms with Crippen LogP contribution in [-0.2, 0) is 20.8 Å². The van der Waals surface area contributed by atoms with Crippen molar-refractivity contribution in [2.24, 2.45) is 17.3 Å². The number of aromatic nitrogens is 1. The quantitative estimate of drug-likeness (QED) is 0.324. The summed E-state index contributed by atoms with van der Waals surface area (Å²) in [7, 11) is 0. The van der Waals surface area contributed by atoms with Crippen molar-refractivity contribution >= 4 is 50.8 Å². The van der Waals surface area contributed by atoms with Gasteiger partial charge in [0, 0.05) is 23.8 Å². The van der Waals surface area contributed by atoms with Crippen molar-refractivity contribution < 1.29 is 24.2 Å². The van der Waals surface area contributed by atoms with E-state index < -0.39 is 23.5 Å². The van der Waals surface area contributed by atoms with E-state index in [0.717, 1.165) is 41.5 Å². The Kier molecular flexibility index (Phi) is 8.37. The Bertz CT molecular complexity index is 1490. The first-order valence-corrected chi connectivity index (χ1v) is 16.0. The third-order valence-electron chi connectivity index (χ3n) is 9.02. The summed E-state index contributed by atoms with van der Waals surface area (Å²) in [5, 5.41) is 11.3. The first-order chi connectivity index (χ1) is 20.3. The molecule has 1 aromatic heterocycles. The lowest BCUT2D eigenvalue weighted by atomic mass is 9.90. The number of Topliss-reactive ketones (excluding diaryl/α,β-unsaturated/α-hetero) is 1. The lowest BCUT2D eigenvalue weighted by Gasteiger charge is -2.29. The predicted octanol–water partition coefficient (Wildman–Crippen LogP) is 6.73. The Balaban J connectivity index is 1.29. The van der Waals surface area contributed by atoms with Crippen molar-refractivity contribution in [2.75, 3.05) is 6.54 Å². The van der Waals surface area contributed by atoms with Crippen LogP contribution >= 0.6 is 22.9 Å². The van der Waals surface area contributed by atoms with Crippen molar-refractivity contribution in [3.63, 3.8) is 0 Å². The highest BCUT2D eigenvalue weighted by Crippen LogP contribution is 2.57. The smallest absolute Gasteiger partial charge is 0.310 e. The molecule has 5 atom stereocenters. The highest BCUT2D eigenvalue weighted by atomic mass is 35.5. The van der Waals surface area contributed by atoms with Gasteiger partial charge >= 0.3 is 5.97 Å². The molecule has 1 amide bonds. The van der Waals surface area contributed by atoms with Gasteiger partial charge in [0.2, 0.25) is 5.91 Å². The highest BCUT2D eigenvalue weighted by Gasteiger charge is 2.61. The number of hydrogen-bond acceptors (Lipinski definition) is 6. The molecule has 2 fully saturated rings. The van der Waals surface area contributed by atoms with Crippen LogP contribution in [-0.4, -0.2) is 51.3 Å². The molecule has 3 heterocycles. The van der Waals surface area contributed by atoms with E-state index >= 15 is 0 Å². The van der Waals surface area contributed by atoms with E-state index in [1.165, 1.54) is 11.3 Å². The number of thiazole rings is 1. The number of carbonyl (C=O) groups excluding carboxylic acids is 2. The average molecular weight is 607 g/mol. The number of ether oxygens (including phenoxy) is 1. The molecule has 3 aromatic rings. The summed E-state index contributed by atoms with van der Waals surface area (Å²) < 4.78 is 7.30. The summed E-state index contributed by atoms with van der Waals surface area (Å²) in [6.07, 6.45) is 9.28. The number of aliphatic carboxylic acids is 1. The van der Waals surface area contributed by atoms with Crippen molar-refractivity contribution in [3.05, 3.63) is 71.3 Å². The fourth-order valence-corrected chi connectivity index (χ4v) is 7.69. The normalized spacial score (nSPS) is 29.3. The zero-order chi connectivity index (χ0) is 29.3. The maximum absolute atomic E-state index is 14.3. The Morgan fingerprint density at radius 2 is 2.00 bits per heavy atom. The fraction of sp³-hybridized carbons (Fsp3) is 0.455. The largest absolute Gasteiger partial charge is 0.481 e. The van der Waals surface area contributed by atoms with Crippen molar-refractivity contribution in [2.45, 2.75) is 69.9 Å². The molecule has 0 radical (unpaired) electrons. The van der Waals surface area contributed by atoms with Gasteiger partial charge in [0.15, 0.2) is 5.78 Å². The molecule has 220 valence electrons. The molecule has 6 rings (SSSR count). The number of fused-ring (bicyclic) bond motifs is 3. The molecular weight excluding hydrogens is 572 g/mol. The van der Waals surface area contributed by atoms with Crippen LogP contribution in [0.5, 0.6) is 5.19 Å². The third-order valence-corrected chi connectivity index (χ3v) is 10.2. The second-order valence-corrected chi connectivity index (χ2v) is 13.4. The van der Waals surface area contributed by atoms with E-state index in [0.29, 0.717) is 35.9 Å². The van der Waals surface area contributed by atoms with E-state index in [2.05, 4.69) is 11.1 Å². The number of halogens is 1. The van der Waals surface area contributed by atoms with Gasteiger partial charge in [-0.25, -0.2) is 4.98 Å². The first-order valence-electron chi connectivity index (χ1n) is 14.8. The maximum Gasteiger partial charge on any atom is 0.310 e. The number of hydrogen-bond donors (Lipinski definition) is 1. The minimum atomic E-state index is -1.09. The second-order valence-electron chi connectivity index (χ2n) is 11.9. The van der Waals surface area contributed by atoms with Crippen LogP contribution in [0.25, 0.3) is 10.2 Å². The third kappa shape index (κ3) is 6.11. The molecule has 2 aliphatic heterocycles. The van der Waals surface area contributed by atoms with Gasteiger partial charge in [-0.2, -0.15) is 0 Å². The van der Waals surface area contributed by atoms with Crippen LogP contribution in [0.15, 0.2) is 60.7 Å². The summed E-state index contributed by atoms with van der Waals surface area (Å²) in [5.41, 5.74) is 0.737. The van der Waals surface area contributed by atoms with E-state index in [9.17, 15) is 19.5 Å². The number of rotatable bonds is 5. The van der Waals surface area contributed by atoms with Crippen LogP contribution in [0, 0.1) is 17.3 Å². The van der Waals surface area contributed by atoms with E-state index in [4.69, 9.17) is 16.3 Å². The van der Waals surface area contributed by atoms with Gasteiger partial charge in [0.1, 0.15) is 6.10 Å². The van der Waals surface area contributed by atoms with Gasteiger partial charge in [0.25, 0.3) is 5.19 Å². The highest BCUT2D eigenvalue weighted by molar-refractivity contribution is 7.20. The van der Waals surface area contributed by atoms with Gasteiger partial charge < -0.3 is 14.7 Å². The van der Waals surface area contributed by atoms with E-state index in [1.807, 2.05) is 54.6 Å². The summed E-state index contributed by atoms with van der Waals surface area (Å²) in [6, 6.07) is 14.6. The Labute approximate surface area is 254 Å². The number of ketones is 1. The molecular formula is C33H35ClN2O5S. The number of amides is 1. The number of para-hydroxylation sites is 1. The van der Waals surface area contributed by atoms with Crippen LogP contribution < -0.4 is 4.74 Å². The van der Waals surface area contributed by atoms with Crippen molar-refractivity contribution in [3.8, 4) is 5.19 Å². The molecule has 0 spiro atoms. The zero-order valence-electron chi connectivity index (χ0n) is 23.4. The topological polar surface area (TPSA) is 96.8 Å². The van der Waals surface area contributed by atoms with Gasteiger partial charge in [0.05, 0.1) is 28.2 Å². The second kappa shape index (κ2) is 12.2. The number of carboxylic acids is 1. The van der Waals surface area contributed by atoms with Gasteiger partial charge in [-0.3, -0.25) is 14.4 Å². The van der Waals surface area contributed by atoms with Crippen LogP contribution in [0.1, 0.15) is 56.9 Å². The van der Waals surface area contributed by atoms with Crippen molar-refractivity contribution in [1.29, 1.82) is 0 Å². The maximum atomic E-state index is 14.3. The Morgan fingerprint density at radius 1 is 1.14 bits per heavy atom. The van der Waals surface area contributed by atoms with Crippen LogP contribution in [0.3, 0.4) is 0 Å². The minimum absolute atomic E-state index is 0.0755. The molecule has 2 aromatic carbocycles. The number of carboxylic acid groups (broad SMARTS) is 1. The lowest BCUT2D eigenvalue weighted by molar-refractivity contribution is -0.147. The van der Waals surface area contributed by atoms with Gasteiger partial charge in [-0.15, -0.1) is 0 Å². The van der Waals surface area contributed by atoms with Crippen LogP contribution in [0.4, 0.5) is 0 Å². The SMILES string of the molecule is O=C1C[C@]2(C(=O)O)C[C@H]2/C=C\CCCCC[C@H](Cc2cccc(Cl)c2)C(=O)N2C[C@H](Oc3nc4ccccc4s3)C[C@@H]12. The van der Waals surface area contributed by atoms with Gasteiger partial charge in [-0.1, -0.05) is 72.2 Å². The van der Waals surface area contributed by atoms with Crippen molar-refractivity contribution in [1.82, 2.24) is 9.88 Å². The lowest BCUT2D eigenvalue weighted by Crippen LogP contribution is -2.45. The zero-order valence-corrected chi connectivity index (χ0v) is 25.0. The molecule has 7 nitrogen and oxygen atoms in total. The standard InChI is InChI=1S/C33H35ClN2O5S/c34-24-12-8-9-21(16-24)15-22-10-4-2-1-3-5-11-23-18-33(23,31(39)40)19-28(37)27-17-25(20-36(27)30(22)38)41-32-35-26-13-6-7-14-29(26)42-32/h5-9,11-14,16,22-23,25,27H,1-4,10,15,17-20H2,(H,39,40)/b11-5-/t22-,23-,25-,27+,33-/m1/s1. The predicted molar refractivity (Wildman–Crippen MR) is 163 cm³/mol. The molecule has 3 aliphatic rings. The number of allylic oxidation sites excluding steroid dienone is 2. The summed E-state index contributed by atoms with van der Waals surface area (Å²) in [4.78, 5) is 46.8.